The second kappa shape index (κ2) is 26.4. The summed E-state index contributed by atoms with van der Waals surface area (Å²) >= 11 is 10.9. The second-order valence-electron chi connectivity index (χ2n) is 15.7. The van der Waals surface area contributed by atoms with Crippen molar-refractivity contribution < 1.29 is 0 Å². The molecule has 3 nitrogen and oxygen atoms in total. The zero-order valence-electron chi connectivity index (χ0n) is 37.0. The van der Waals surface area contributed by atoms with Crippen molar-refractivity contribution in [1.29, 1.82) is 0 Å². The number of unbranched alkanes of at least 4 members (excludes halogenated alkanes) is 8. The summed E-state index contributed by atoms with van der Waals surface area (Å²) in [5.74, 6) is 0. The quantitative estimate of drug-likeness (QED) is 0.0635. The highest BCUT2D eigenvalue weighted by Gasteiger charge is 2.45. The number of fused-ring (bicyclic) bond motifs is 3. The number of rotatable bonds is 18. The van der Waals surface area contributed by atoms with Gasteiger partial charge in [-0.2, -0.15) is 0 Å². The Kier molecular flexibility index (Phi) is 20.5. The van der Waals surface area contributed by atoms with Gasteiger partial charge < -0.3 is 0 Å². The fourth-order valence-electron chi connectivity index (χ4n) is 7.86. The van der Waals surface area contributed by atoms with Crippen LogP contribution in [0.1, 0.15) is 110 Å². The summed E-state index contributed by atoms with van der Waals surface area (Å²) in [6.45, 7) is 9.24. The minimum atomic E-state index is -1.36. The van der Waals surface area contributed by atoms with Crippen molar-refractivity contribution in [3.8, 4) is 40.8 Å². The molecule has 1 aliphatic heterocycles. The summed E-state index contributed by atoms with van der Waals surface area (Å²) in [5, 5.41) is 18.9. The predicted octanol–water partition coefficient (Wildman–Crippen LogP) is 17.3. The van der Waals surface area contributed by atoms with Crippen molar-refractivity contribution in [2.45, 2.75) is 123 Å². The Balaban J connectivity index is 0.000000144. The molecule has 10 heteroatoms. The van der Waals surface area contributed by atoms with E-state index in [2.05, 4.69) is 120 Å². The molecule has 9 rings (SSSR count). The zero-order chi connectivity index (χ0) is 43.2. The van der Waals surface area contributed by atoms with E-state index in [9.17, 15) is 0 Å². The van der Waals surface area contributed by atoms with Gasteiger partial charge in [-0.25, -0.2) is 9.97 Å². The molecule has 0 spiro atoms. The summed E-state index contributed by atoms with van der Waals surface area (Å²) in [7, 11) is -1.36. The SMILES string of the molecule is CCCCCCc1csc(-c2nc(CCCCCC)cs2)n1.CCCCC[Si]1(CC)c2ccsc2-c2sccc21.c1ccc(-c2cccs2)cc1.c1ccc(-c2cccs2)nc1. The number of pyridine rings is 1. The third-order valence-corrected chi connectivity index (χ3v) is 22.7. The van der Waals surface area contributed by atoms with Gasteiger partial charge in [0, 0.05) is 31.6 Å². The van der Waals surface area contributed by atoms with Crippen LogP contribution in [0, 0.1) is 0 Å². The first-order chi connectivity index (χ1) is 30.6. The topological polar surface area (TPSA) is 38.7 Å². The minimum absolute atomic E-state index is 1.06. The Morgan fingerprint density at radius 3 is 1.52 bits per heavy atom. The smallest absolute Gasteiger partial charge is 0.152 e. The van der Waals surface area contributed by atoms with E-state index >= 15 is 0 Å². The maximum Gasteiger partial charge on any atom is 0.152 e. The van der Waals surface area contributed by atoms with Crippen molar-refractivity contribution in [3.63, 3.8) is 0 Å². The molecule has 7 aromatic heterocycles. The Morgan fingerprint density at radius 2 is 1.02 bits per heavy atom. The molecule has 1 aliphatic rings. The van der Waals surface area contributed by atoms with Gasteiger partial charge in [-0.1, -0.05) is 152 Å². The number of thiophene rings is 4. The largest absolute Gasteiger partial charge is 0.255 e. The van der Waals surface area contributed by atoms with Gasteiger partial charge >= 0.3 is 0 Å². The van der Waals surface area contributed by atoms with Gasteiger partial charge in [-0.3, -0.25) is 4.98 Å². The van der Waals surface area contributed by atoms with E-state index in [4.69, 9.17) is 9.97 Å². The third-order valence-electron chi connectivity index (χ3n) is 11.3. The van der Waals surface area contributed by atoms with Crippen molar-refractivity contribution in [1.82, 2.24) is 15.0 Å². The molecule has 326 valence electrons. The monoisotopic (exact) mass is 949 g/mol. The van der Waals surface area contributed by atoms with Gasteiger partial charge in [-0.05, 0) is 93.5 Å². The second-order valence-corrected chi connectivity index (χ2v) is 25.6. The van der Waals surface area contributed by atoms with E-state index in [0.29, 0.717) is 0 Å². The van der Waals surface area contributed by atoms with Gasteiger partial charge in [0.25, 0.3) is 0 Å². The maximum absolute atomic E-state index is 4.77. The first kappa shape index (κ1) is 48.1. The average Bonchev–Trinajstić information content (AvgIpc) is 4.18. The minimum Gasteiger partial charge on any atom is -0.255 e. The Labute approximate surface area is 397 Å². The molecule has 0 radical (unpaired) electrons. The lowest BCUT2D eigenvalue weighted by Gasteiger charge is -2.26. The van der Waals surface area contributed by atoms with Gasteiger partial charge in [0.2, 0.25) is 0 Å². The number of hydrogen-bond acceptors (Lipinski definition) is 9. The van der Waals surface area contributed by atoms with Crippen LogP contribution in [0.25, 0.3) is 40.8 Å². The van der Waals surface area contributed by atoms with E-state index < -0.39 is 8.07 Å². The van der Waals surface area contributed by atoms with Crippen LogP contribution < -0.4 is 10.4 Å². The van der Waals surface area contributed by atoms with E-state index in [1.807, 2.05) is 59.2 Å². The van der Waals surface area contributed by atoms with Crippen LogP contribution in [0.4, 0.5) is 0 Å². The summed E-state index contributed by atoms with van der Waals surface area (Å²) < 4.78 is 0. The molecular weight excluding hydrogens is 887 g/mol. The fourth-order valence-corrected chi connectivity index (χ4v) is 19.5. The molecule has 0 unspecified atom stereocenters. The van der Waals surface area contributed by atoms with Crippen molar-refractivity contribution >= 4 is 86.5 Å². The first-order valence-electron chi connectivity index (χ1n) is 22.7. The Bertz CT molecular complexity index is 2200. The van der Waals surface area contributed by atoms with Crippen molar-refractivity contribution in [2.24, 2.45) is 0 Å². The number of nitrogens with zero attached hydrogens (tertiary/aromatic N) is 3. The van der Waals surface area contributed by atoms with E-state index in [1.54, 1.807) is 65.5 Å². The lowest BCUT2D eigenvalue weighted by atomic mass is 10.1. The van der Waals surface area contributed by atoms with Crippen LogP contribution in [0.3, 0.4) is 0 Å². The lowest BCUT2D eigenvalue weighted by Crippen LogP contribution is -2.53. The number of benzene rings is 1. The molecule has 62 heavy (non-hydrogen) atoms. The number of thiazole rings is 2. The number of aryl methyl sites for hydroxylation is 2. The third kappa shape index (κ3) is 13.6. The van der Waals surface area contributed by atoms with E-state index in [-0.39, 0.29) is 0 Å². The molecular formula is C52H63N3S6Si. The molecule has 0 atom stereocenters. The standard InChI is InChI=1S/C18H28N2S2.C15H20S2Si.C10H8S.C9H7NS/c1-3-5-7-9-11-15-13-21-17(19-15)18-20-16(14-22-18)12-10-8-6-4-2;1-3-5-6-11-18(4-2)12-7-9-16-14(12)15-13(18)8-10-17-15;1-2-5-9(6-3-1)10-7-4-8-11-10;1-2-6-10-8(4-1)9-5-3-7-11-9/h13-14H,3-12H2,1-2H3;7-10H,3-6,11H2,1-2H3;1-8H;1-7H. The highest BCUT2D eigenvalue weighted by Crippen LogP contribution is 2.39. The van der Waals surface area contributed by atoms with Gasteiger partial charge in [0.05, 0.1) is 22.0 Å². The fraction of sp³-hybridized carbons (Fsp3) is 0.365. The molecule has 0 amide bonds. The lowest BCUT2D eigenvalue weighted by molar-refractivity contribution is 0.661. The van der Waals surface area contributed by atoms with Crippen LogP contribution in [0.15, 0.2) is 123 Å². The Morgan fingerprint density at radius 1 is 0.468 bits per heavy atom. The number of aromatic nitrogens is 3. The molecule has 0 saturated heterocycles. The number of hydrogen-bond donors (Lipinski definition) is 0. The highest BCUT2D eigenvalue weighted by atomic mass is 32.1. The first-order valence-corrected chi connectivity index (χ1v) is 30.4. The van der Waals surface area contributed by atoms with Crippen LogP contribution >= 0.6 is 68.0 Å². The zero-order valence-corrected chi connectivity index (χ0v) is 42.9. The maximum atomic E-state index is 4.77. The van der Waals surface area contributed by atoms with Crippen molar-refractivity contribution in [3.05, 3.63) is 135 Å². The molecule has 0 bridgehead atoms. The summed E-state index contributed by atoms with van der Waals surface area (Å²) in [5.41, 5.74) is 4.86. The predicted molar refractivity (Wildman–Crippen MR) is 284 cm³/mol. The molecule has 8 heterocycles. The summed E-state index contributed by atoms with van der Waals surface area (Å²) in [4.78, 5) is 19.6. The molecule has 0 fully saturated rings. The molecule has 0 saturated carbocycles. The average molecular weight is 951 g/mol. The van der Waals surface area contributed by atoms with E-state index in [0.717, 1.165) is 28.6 Å². The Hall–Kier alpha value is -3.35. The highest BCUT2D eigenvalue weighted by molar-refractivity contribution is 7.28. The molecule has 0 aliphatic carbocycles. The van der Waals surface area contributed by atoms with Crippen LogP contribution in [-0.4, -0.2) is 23.0 Å². The summed E-state index contributed by atoms with van der Waals surface area (Å²) in [6, 6.07) is 32.4. The van der Waals surface area contributed by atoms with Crippen LogP contribution in [0.2, 0.25) is 12.1 Å². The summed E-state index contributed by atoms with van der Waals surface area (Å²) in [6.07, 6.45) is 18.6. The molecule has 1 aromatic carbocycles. The van der Waals surface area contributed by atoms with Gasteiger partial charge in [0.15, 0.2) is 10.0 Å². The van der Waals surface area contributed by atoms with E-state index in [1.165, 1.54) is 109 Å². The van der Waals surface area contributed by atoms with Crippen LogP contribution in [-0.2, 0) is 12.8 Å². The van der Waals surface area contributed by atoms with Crippen molar-refractivity contribution in [2.75, 3.05) is 0 Å². The van der Waals surface area contributed by atoms with Gasteiger partial charge in [-0.15, -0.1) is 68.0 Å². The molecule has 8 aromatic rings. The van der Waals surface area contributed by atoms with Crippen LogP contribution in [0.5, 0.6) is 0 Å². The normalized spacial score (nSPS) is 12.0. The van der Waals surface area contributed by atoms with Gasteiger partial charge in [0.1, 0.15) is 8.07 Å². The molecule has 0 N–H and O–H groups in total.